The molecule has 0 radical (unpaired) electrons. The van der Waals surface area contributed by atoms with Crippen molar-refractivity contribution in [1.82, 2.24) is 4.98 Å². The van der Waals surface area contributed by atoms with Gasteiger partial charge >= 0.3 is 12.3 Å². The zero-order chi connectivity index (χ0) is 13.9. The molecule has 18 heavy (non-hydrogen) atoms. The Morgan fingerprint density at radius 1 is 1.50 bits per heavy atom. The van der Waals surface area contributed by atoms with E-state index >= 15 is 0 Å². The average molecular weight is 267 g/mol. The summed E-state index contributed by atoms with van der Waals surface area (Å²) in [7, 11) is 1.10. The molecule has 0 saturated heterocycles. The highest BCUT2D eigenvalue weighted by atomic mass is 19.4. The second kappa shape index (κ2) is 4.98. The highest BCUT2D eigenvalue weighted by molar-refractivity contribution is 5.73. The topological polar surface area (TPSA) is 88.9 Å². The smallest absolute Gasteiger partial charge is 0.503 e. The number of aromatic nitrogens is 1. The molecule has 0 aromatic carbocycles. The Morgan fingerprint density at radius 2 is 2.11 bits per heavy atom. The number of carboxylic acids is 1. The van der Waals surface area contributed by atoms with E-state index in [4.69, 9.17) is 5.11 Å². The molecule has 9 heteroatoms. The lowest BCUT2D eigenvalue weighted by atomic mass is 10.1. The number of nitrogens with zero attached hydrogens (tertiary/aromatic N) is 1. The van der Waals surface area contributed by atoms with E-state index in [0.29, 0.717) is 6.20 Å². The van der Waals surface area contributed by atoms with Crippen molar-refractivity contribution in [3.63, 3.8) is 0 Å². The van der Waals surface area contributed by atoms with E-state index in [1.54, 1.807) is 0 Å². The van der Waals surface area contributed by atoms with Gasteiger partial charge in [-0.25, -0.2) is 4.98 Å². The summed E-state index contributed by atoms with van der Waals surface area (Å²) in [6.45, 7) is 0. The summed E-state index contributed by atoms with van der Waals surface area (Å²) in [5.41, 5.74) is -0.498. The number of aromatic hydroxyl groups is 1. The molecular weight excluding hydrogens is 259 g/mol. The fraction of sp³-hybridized carbons (Fsp3) is 0.333. The maximum atomic E-state index is 12.1. The molecule has 1 aromatic rings. The lowest BCUT2D eigenvalue weighted by Gasteiger charge is -2.15. The fourth-order valence-electron chi connectivity index (χ4n) is 1.22. The Kier molecular flexibility index (Phi) is 3.84. The van der Waals surface area contributed by atoms with Gasteiger partial charge in [-0.05, 0) is 0 Å². The third-order valence-corrected chi connectivity index (χ3v) is 1.81. The number of pyridine rings is 1. The van der Waals surface area contributed by atoms with Crippen molar-refractivity contribution in [2.75, 3.05) is 7.11 Å². The Labute approximate surface area is 98.6 Å². The van der Waals surface area contributed by atoms with Crippen LogP contribution in [0.2, 0.25) is 0 Å². The van der Waals surface area contributed by atoms with Gasteiger partial charge in [-0.2, -0.15) is 0 Å². The van der Waals surface area contributed by atoms with E-state index in [9.17, 15) is 23.1 Å². The molecule has 0 saturated carbocycles. The van der Waals surface area contributed by atoms with Crippen molar-refractivity contribution in [2.24, 2.45) is 0 Å². The van der Waals surface area contributed by atoms with Crippen molar-refractivity contribution >= 4 is 5.97 Å². The molecule has 0 amide bonds. The number of rotatable bonds is 4. The molecule has 0 aliphatic rings. The van der Waals surface area contributed by atoms with Crippen LogP contribution in [0, 0.1) is 0 Å². The van der Waals surface area contributed by atoms with Crippen LogP contribution in [0.25, 0.3) is 0 Å². The number of halogens is 3. The first-order chi connectivity index (χ1) is 8.24. The van der Waals surface area contributed by atoms with E-state index < -0.39 is 35.8 Å². The highest BCUT2D eigenvalue weighted by Crippen LogP contribution is 2.38. The quantitative estimate of drug-likeness (QED) is 0.855. The molecule has 1 heterocycles. The van der Waals surface area contributed by atoms with E-state index in [-0.39, 0.29) is 5.88 Å². The second-order valence-electron chi connectivity index (χ2n) is 3.08. The molecule has 100 valence electrons. The van der Waals surface area contributed by atoms with Gasteiger partial charge in [0.25, 0.3) is 0 Å². The Balaban J connectivity index is 3.31. The van der Waals surface area contributed by atoms with Crippen LogP contribution in [0.5, 0.6) is 17.4 Å². The maximum Gasteiger partial charge on any atom is 0.573 e. The van der Waals surface area contributed by atoms with Gasteiger partial charge in [0.05, 0.1) is 25.3 Å². The Hall–Kier alpha value is -2.19. The summed E-state index contributed by atoms with van der Waals surface area (Å²) < 4.78 is 44.6. The minimum Gasteiger partial charge on any atom is -0.503 e. The van der Waals surface area contributed by atoms with Crippen LogP contribution in [0.1, 0.15) is 5.56 Å². The predicted octanol–water partition coefficient (Wildman–Crippen LogP) is 1.32. The van der Waals surface area contributed by atoms with E-state index in [1.165, 1.54) is 0 Å². The van der Waals surface area contributed by atoms with Gasteiger partial charge in [-0.1, -0.05) is 0 Å². The minimum atomic E-state index is -5.07. The zero-order valence-corrected chi connectivity index (χ0v) is 8.98. The Bertz CT molecular complexity index is 460. The number of aliphatic carboxylic acids is 1. The number of methoxy groups -OCH3 is 1. The van der Waals surface area contributed by atoms with Crippen molar-refractivity contribution in [1.29, 1.82) is 0 Å². The number of alkyl halides is 3. The first-order valence-electron chi connectivity index (χ1n) is 4.47. The molecule has 6 nitrogen and oxygen atoms in total. The van der Waals surface area contributed by atoms with Crippen molar-refractivity contribution < 1.29 is 37.7 Å². The van der Waals surface area contributed by atoms with Gasteiger partial charge < -0.3 is 19.7 Å². The largest absolute Gasteiger partial charge is 0.573 e. The maximum absolute atomic E-state index is 12.1. The lowest BCUT2D eigenvalue weighted by Crippen LogP contribution is -2.19. The van der Waals surface area contributed by atoms with Crippen LogP contribution < -0.4 is 9.47 Å². The van der Waals surface area contributed by atoms with Gasteiger partial charge in [0.15, 0.2) is 11.5 Å². The number of carboxylic acid groups (broad SMARTS) is 1. The summed E-state index contributed by atoms with van der Waals surface area (Å²) >= 11 is 0. The molecule has 0 aliphatic heterocycles. The number of hydrogen-bond acceptors (Lipinski definition) is 5. The SMILES string of the molecule is COc1ncc(O)c(OC(F)(F)F)c1CC(=O)O. The van der Waals surface area contributed by atoms with Gasteiger partial charge in [0.1, 0.15) is 0 Å². The van der Waals surface area contributed by atoms with Gasteiger partial charge in [0.2, 0.25) is 5.88 Å². The average Bonchev–Trinajstić information content (AvgIpc) is 2.21. The lowest BCUT2D eigenvalue weighted by molar-refractivity contribution is -0.275. The standard InChI is InChI=1S/C9H8F3NO5/c1-17-8-4(2-6(15)16)7(5(14)3-13-8)18-9(10,11)12/h3,14H,2H2,1H3,(H,15,16). The normalized spacial score (nSPS) is 11.1. The van der Waals surface area contributed by atoms with E-state index in [1.807, 2.05) is 0 Å². The van der Waals surface area contributed by atoms with E-state index in [0.717, 1.165) is 7.11 Å². The molecular formula is C9H8F3NO5. The van der Waals surface area contributed by atoms with Crippen molar-refractivity contribution in [3.8, 4) is 17.4 Å². The summed E-state index contributed by atoms with van der Waals surface area (Å²) in [4.78, 5) is 14.0. The van der Waals surface area contributed by atoms with Crippen LogP contribution in [-0.2, 0) is 11.2 Å². The monoisotopic (exact) mass is 267 g/mol. The molecule has 0 unspecified atom stereocenters. The number of carbonyl (C=O) groups is 1. The van der Waals surface area contributed by atoms with Crippen LogP contribution in [0.4, 0.5) is 13.2 Å². The molecule has 0 spiro atoms. The zero-order valence-electron chi connectivity index (χ0n) is 8.98. The summed E-state index contributed by atoms with van der Waals surface area (Å²) in [5.74, 6) is -3.75. The first-order valence-corrected chi connectivity index (χ1v) is 4.47. The predicted molar refractivity (Wildman–Crippen MR) is 50.5 cm³/mol. The van der Waals surface area contributed by atoms with Gasteiger partial charge in [-0.3, -0.25) is 4.79 Å². The third kappa shape index (κ3) is 3.40. The van der Waals surface area contributed by atoms with Crippen LogP contribution in [-0.4, -0.2) is 34.6 Å². The van der Waals surface area contributed by atoms with Crippen LogP contribution >= 0.6 is 0 Å². The third-order valence-electron chi connectivity index (χ3n) is 1.81. The molecule has 0 fully saturated rings. The molecule has 1 aromatic heterocycles. The Morgan fingerprint density at radius 3 is 2.56 bits per heavy atom. The van der Waals surface area contributed by atoms with Crippen molar-refractivity contribution in [3.05, 3.63) is 11.8 Å². The molecule has 0 atom stereocenters. The molecule has 2 N–H and O–H groups in total. The highest BCUT2D eigenvalue weighted by Gasteiger charge is 2.35. The van der Waals surface area contributed by atoms with Crippen LogP contribution in [0.15, 0.2) is 6.20 Å². The van der Waals surface area contributed by atoms with E-state index in [2.05, 4.69) is 14.5 Å². The molecule has 1 rings (SSSR count). The summed E-state index contributed by atoms with van der Waals surface area (Å²) in [5, 5.41) is 17.9. The summed E-state index contributed by atoms with van der Waals surface area (Å²) in [6.07, 6.45) is -5.24. The first kappa shape index (κ1) is 13.9. The summed E-state index contributed by atoms with van der Waals surface area (Å²) in [6, 6.07) is 0. The number of ether oxygens (including phenoxy) is 2. The minimum absolute atomic E-state index is 0.366. The van der Waals surface area contributed by atoms with Gasteiger partial charge in [-0.15, -0.1) is 13.2 Å². The molecule has 0 aliphatic carbocycles. The number of hydrogen-bond donors (Lipinski definition) is 2. The van der Waals surface area contributed by atoms with Crippen LogP contribution in [0.3, 0.4) is 0 Å². The second-order valence-corrected chi connectivity index (χ2v) is 3.08. The van der Waals surface area contributed by atoms with Gasteiger partial charge in [0, 0.05) is 0 Å². The fourth-order valence-corrected chi connectivity index (χ4v) is 1.22. The molecule has 0 bridgehead atoms. The van der Waals surface area contributed by atoms with Crippen molar-refractivity contribution in [2.45, 2.75) is 12.8 Å².